The average molecular weight is 484 g/mol. The van der Waals surface area contributed by atoms with Crippen LogP contribution in [0.4, 0.5) is 11.4 Å². The number of rotatable bonds is 6. The summed E-state index contributed by atoms with van der Waals surface area (Å²) in [6.07, 6.45) is 6.70. The Labute approximate surface area is 195 Å². The van der Waals surface area contributed by atoms with Gasteiger partial charge in [-0.05, 0) is 24.3 Å². The fourth-order valence-corrected chi connectivity index (χ4v) is 4.93. The summed E-state index contributed by atoms with van der Waals surface area (Å²) in [5.41, 5.74) is -0.801. The van der Waals surface area contributed by atoms with Gasteiger partial charge >= 0.3 is 5.69 Å². The van der Waals surface area contributed by atoms with Crippen LogP contribution in [-0.4, -0.2) is 37.9 Å². The molecule has 0 spiro atoms. The molecule has 2 fully saturated rings. The molecule has 2 amide bonds. The van der Waals surface area contributed by atoms with Gasteiger partial charge in [-0.25, -0.2) is 4.98 Å². The quantitative estimate of drug-likeness (QED) is 0.198. The largest absolute Gasteiger partial charge is 0.431 e. The highest BCUT2D eigenvalue weighted by atomic mass is 35.5. The van der Waals surface area contributed by atoms with Crippen LogP contribution in [0.3, 0.4) is 0 Å². The minimum atomic E-state index is -0.732. The number of ether oxygens (including phenoxy) is 1. The molecule has 0 N–H and O–H groups in total. The van der Waals surface area contributed by atoms with Crippen LogP contribution >= 0.6 is 11.6 Å². The molecule has 1 aromatic carbocycles. The third-order valence-corrected chi connectivity index (χ3v) is 6.38. The summed E-state index contributed by atoms with van der Waals surface area (Å²) in [4.78, 5) is 50.5. The van der Waals surface area contributed by atoms with Gasteiger partial charge in [0.15, 0.2) is 0 Å². The van der Waals surface area contributed by atoms with E-state index >= 15 is 0 Å². The van der Waals surface area contributed by atoms with Gasteiger partial charge in [0.1, 0.15) is 6.20 Å². The summed E-state index contributed by atoms with van der Waals surface area (Å²) in [5, 5.41) is 27.3. The van der Waals surface area contributed by atoms with Gasteiger partial charge in [0, 0.05) is 28.8 Å². The first kappa shape index (κ1) is 21.6. The second-order valence-corrected chi connectivity index (χ2v) is 8.48. The lowest BCUT2D eigenvalue weighted by molar-refractivity contribution is -0.385. The zero-order valence-electron chi connectivity index (χ0n) is 17.1. The van der Waals surface area contributed by atoms with Gasteiger partial charge in [-0.3, -0.25) is 29.8 Å². The Balaban J connectivity index is 1.48. The van der Waals surface area contributed by atoms with E-state index < -0.39 is 39.2 Å². The van der Waals surface area contributed by atoms with Gasteiger partial charge in [0.05, 0.1) is 27.9 Å². The second kappa shape index (κ2) is 7.99. The van der Waals surface area contributed by atoms with Crippen LogP contribution in [0.15, 0.2) is 47.7 Å². The highest BCUT2D eigenvalue weighted by Crippen LogP contribution is 2.52. The molecule has 4 atom stereocenters. The molecule has 172 valence electrons. The predicted octanol–water partition coefficient (Wildman–Crippen LogP) is 3.48. The molecule has 2 aromatic rings. The number of nitro groups is 2. The number of hydrazone groups is 1. The van der Waals surface area contributed by atoms with E-state index in [0.29, 0.717) is 0 Å². The van der Waals surface area contributed by atoms with E-state index in [9.17, 15) is 29.8 Å². The Morgan fingerprint density at radius 1 is 1.09 bits per heavy atom. The molecule has 2 aliphatic carbocycles. The summed E-state index contributed by atoms with van der Waals surface area (Å²) < 4.78 is 5.56. The van der Waals surface area contributed by atoms with Gasteiger partial charge in [-0.15, -0.1) is 0 Å². The lowest BCUT2D eigenvalue weighted by Gasteiger charge is -2.13. The predicted molar refractivity (Wildman–Crippen MR) is 116 cm³/mol. The summed E-state index contributed by atoms with van der Waals surface area (Å²) in [6, 6.07) is 4.67. The number of halogens is 1. The number of pyridine rings is 1. The number of imide groups is 1. The molecule has 12 nitrogen and oxygen atoms in total. The summed E-state index contributed by atoms with van der Waals surface area (Å²) >= 11 is 6.03. The van der Waals surface area contributed by atoms with E-state index in [1.165, 1.54) is 12.1 Å². The molecular formula is C21H14ClN5O7. The van der Waals surface area contributed by atoms with E-state index in [1.54, 1.807) is 0 Å². The maximum absolute atomic E-state index is 12.8. The third kappa shape index (κ3) is 3.48. The van der Waals surface area contributed by atoms with Crippen LogP contribution in [0.2, 0.25) is 5.02 Å². The molecule has 34 heavy (non-hydrogen) atoms. The van der Waals surface area contributed by atoms with Gasteiger partial charge < -0.3 is 4.74 Å². The molecule has 1 aliphatic heterocycles. The van der Waals surface area contributed by atoms with Crippen molar-refractivity contribution < 1.29 is 24.2 Å². The fraction of sp³-hybridized carbons (Fsp3) is 0.238. The first-order valence-electron chi connectivity index (χ1n) is 10.1. The summed E-state index contributed by atoms with van der Waals surface area (Å²) in [6.45, 7) is 0. The average Bonchev–Trinajstić information content (AvgIpc) is 3.48. The molecule has 3 aliphatic rings. The summed E-state index contributed by atoms with van der Waals surface area (Å²) in [7, 11) is 0. The van der Waals surface area contributed by atoms with E-state index in [-0.39, 0.29) is 39.7 Å². The van der Waals surface area contributed by atoms with Crippen molar-refractivity contribution in [3.05, 3.63) is 73.4 Å². The van der Waals surface area contributed by atoms with Gasteiger partial charge in [0.25, 0.3) is 17.5 Å². The topological polar surface area (TPSA) is 158 Å². The maximum atomic E-state index is 12.8. The van der Waals surface area contributed by atoms with Crippen molar-refractivity contribution in [2.45, 2.75) is 6.42 Å². The molecule has 1 saturated carbocycles. The van der Waals surface area contributed by atoms with Crippen LogP contribution < -0.4 is 4.74 Å². The van der Waals surface area contributed by atoms with Crippen molar-refractivity contribution in [2.75, 3.05) is 0 Å². The first-order chi connectivity index (χ1) is 16.2. The minimum Gasteiger partial charge on any atom is -0.431 e. The van der Waals surface area contributed by atoms with Crippen molar-refractivity contribution in [3.63, 3.8) is 0 Å². The van der Waals surface area contributed by atoms with Crippen molar-refractivity contribution in [2.24, 2.45) is 28.8 Å². The second-order valence-electron chi connectivity index (χ2n) is 8.05. The number of nitro benzene ring substituents is 1. The molecule has 4 unspecified atom stereocenters. The van der Waals surface area contributed by atoms with Gasteiger partial charge in [-0.2, -0.15) is 10.1 Å². The highest BCUT2D eigenvalue weighted by Gasteiger charge is 2.59. The Hall–Kier alpha value is -4.19. The third-order valence-electron chi connectivity index (χ3n) is 6.16. The number of fused-ring (bicyclic) bond motifs is 5. The monoisotopic (exact) mass is 483 g/mol. The number of carbonyl (C=O) groups excluding carboxylic acids is 2. The molecule has 5 rings (SSSR count). The summed E-state index contributed by atoms with van der Waals surface area (Å²) in [5.74, 6) is -2.19. The molecule has 0 radical (unpaired) electrons. The lowest BCUT2D eigenvalue weighted by Crippen LogP contribution is -2.28. The minimum absolute atomic E-state index is 0.00431. The van der Waals surface area contributed by atoms with Crippen molar-refractivity contribution >= 4 is 41.0 Å². The van der Waals surface area contributed by atoms with Gasteiger partial charge in [0.2, 0.25) is 11.6 Å². The van der Waals surface area contributed by atoms with Gasteiger partial charge in [-0.1, -0.05) is 23.8 Å². The Morgan fingerprint density at radius 2 is 1.76 bits per heavy atom. The maximum Gasteiger partial charge on any atom is 0.313 e. The van der Waals surface area contributed by atoms with E-state index in [2.05, 4.69) is 10.1 Å². The number of allylic oxidation sites excluding steroid dienone is 2. The van der Waals surface area contributed by atoms with E-state index in [0.717, 1.165) is 36.0 Å². The van der Waals surface area contributed by atoms with Crippen LogP contribution in [0.1, 0.15) is 12.0 Å². The number of aromatic nitrogens is 1. The number of amides is 2. The number of nitrogens with zero attached hydrogens (tertiary/aromatic N) is 5. The van der Waals surface area contributed by atoms with Crippen LogP contribution in [0, 0.1) is 43.9 Å². The Bertz CT molecular complexity index is 1280. The fourth-order valence-electron chi connectivity index (χ4n) is 4.71. The van der Waals surface area contributed by atoms with Crippen LogP contribution in [0.25, 0.3) is 0 Å². The molecule has 2 heterocycles. The Morgan fingerprint density at radius 3 is 2.32 bits per heavy atom. The number of benzene rings is 1. The SMILES string of the molecule is O=C1C2C3C=CC(C3)C2C(=O)N1N=Cc1cc(Cl)cc([N+](=O)[O-])c1Oc1ccc([N+](=O)[O-])cn1. The smallest absolute Gasteiger partial charge is 0.313 e. The normalized spacial score (nSPS) is 24.8. The van der Waals surface area contributed by atoms with Crippen molar-refractivity contribution in [1.82, 2.24) is 9.99 Å². The molecular weight excluding hydrogens is 470 g/mol. The van der Waals surface area contributed by atoms with Crippen molar-refractivity contribution in [3.8, 4) is 11.6 Å². The number of hydrogen-bond acceptors (Lipinski definition) is 9. The molecule has 1 saturated heterocycles. The zero-order valence-corrected chi connectivity index (χ0v) is 17.9. The first-order valence-corrected chi connectivity index (χ1v) is 10.5. The number of carbonyl (C=O) groups is 2. The highest BCUT2D eigenvalue weighted by molar-refractivity contribution is 6.31. The Kier molecular flexibility index (Phi) is 5.09. The molecule has 13 heteroatoms. The van der Waals surface area contributed by atoms with E-state index in [1.807, 2.05) is 12.2 Å². The van der Waals surface area contributed by atoms with Crippen LogP contribution in [0.5, 0.6) is 11.6 Å². The lowest BCUT2D eigenvalue weighted by atomic mass is 9.85. The van der Waals surface area contributed by atoms with Crippen molar-refractivity contribution in [1.29, 1.82) is 0 Å². The standard InChI is InChI=1S/C21H14ClN5O7/c22-13-6-12(8-24-25-20(28)17-10-1-2-11(5-10)18(17)21(25)29)19(15(7-13)27(32)33)34-16-4-3-14(9-23-16)26(30)31/h1-4,6-11,17-18H,5H2. The van der Waals surface area contributed by atoms with E-state index in [4.69, 9.17) is 16.3 Å². The number of hydrogen-bond donors (Lipinski definition) is 0. The zero-order chi connectivity index (χ0) is 24.1. The molecule has 2 bridgehead atoms. The molecule has 1 aromatic heterocycles. The van der Waals surface area contributed by atoms with Crippen LogP contribution in [-0.2, 0) is 9.59 Å².